The van der Waals surface area contributed by atoms with Crippen molar-refractivity contribution in [2.45, 2.75) is 25.1 Å². The van der Waals surface area contributed by atoms with Crippen LogP contribution in [0.2, 0.25) is 0 Å². The minimum absolute atomic E-state index is 0.0342. The van der Waals surface area contributed by atoms with Gasteiger partial charge in [-0.2, -0.15) is 13.2 Å². The van der Waals surface area contributed by atoms with Crippen LogP contribution in [0.1, 0.15) is 24.4 Å². The second-order valence-corrected chi connectivity index (χ2v) is 5.81. The number of urea groups is 1. The number of hydrogen-bond donors (Lipinski definition) is 2. The molecule has 0 bridgehead atoms. The smallest absolute Gasteiger partial charge is 0.412 e. The Kier molecular flexibility index (Phi) is 5.93. The lowest BCUT2D eigenvalue weighted by Gasteiger charge is -2.33. The summed E-state index contributed by atoms with van der Waals surface area (Å²) in [6.07, 6.45) is -3.43. The molecular formula is C16H21F3N2O3. The largest absolute Gasteiger partial charge is 0.497 e. The lowest BCUT2D eigenvalue weighted by Crippen LogP contribution is -2.48. The van der Waals surface area contributed by atoms with Gasteiger partial charge in [-0.3, -0.25) is 0 Å². The van der Waals surface area contributed by atoms with Gasteiger partial charge in [0.15, 0.2) is 6.04 Å². The van der Waals surface area contributed by atoms with Gasteiger partial charge >= 0.3 is 12.2 Å². The number of nitrogens with one attached hydrogen (secondary N) is 1. The monoisotopic (exact) mass is 346 g/mol. The van der Waals surface area contributed by atoms with Crippen LogP contribution in [0.4, 0.5) is 18.0 Å². The lowest BCUT2D eigenvalue weighted by atomic mass is 9.98. The highest BCUT2D eigenvalue weighted by molar-refractivity contribution is 5.75. The molecule has 1 aromatic rings. The van der Waals surface area contributed by atoms with E-state index in [2.05, 4.69) is 5.32 Å². The first kappa shape index (κ1) is 18.4. The van der Waals surface area contributed by atoms with E-state index in [1.165, 1.54) is 36.3 Å². The predicted octanol–water partition coefficient (Wildman–Crippen LogP) is 2.71. The quantitative estimate of drug-likeness (QED) is 0.881. The van der Waals surface area contributed by atoms with Gasteiger partial charge < -0.3 is 20.1 Å². The minimum Gasteiger partial charge on any atom is -0.497 e. The fourth-order valence-corrected chi connectivity index (χ4v) is 2.68. The van der Waals surface area contributed by atoms with Crippen molar-refractivity contribution in [1.29, 1.82) is 0 Å². The predicted molar refractivity (Wildman–Crippen MR) is 81.7 cm³/mol. The first-order chi connectivity index (χ1) is 11.3. The summed E-state index contributed by atoms with van der Waals surface area (Å²) in [6, 6.07) is 2.60. The van der Waals surface area contributed by atoms with Crippen LogP contribution in [0.25, 0.3) is 0 Å². The first-order valence-corrected chi connectivity index (χ1v) is 7.72. The van der Waals surface area contributed by atoms with Crippen molar-refractivity contribution in [3.63, 3.8) is 0 Å². The molecule has 1 aliphatic heterocycles. The Morgan fingerprint density at radius 2 is 1.92 bits per heavy atom. The van der Waals surface area contributed by atoms with Gasteiger partial charge in [0.25, 0.3) is 0 Å². The second kappa shape index (κ2) is 7.74. The average molecular weight is 346 g/mol. The molecule has 1 aromatic carbocycles. The summed E-state index contributed by atoms with van der Waals surface area (Å²) in [5.41, 5.74) is -0.0538. The summed E-state index contributed by atoms with van der Waals surface area (Å²) in [5.74, 6) is 0.547. The van der Waals surface area contributed by atoms with E-state index in [0.717, 1.165) is 0 Å². The van der Waals surface area contributed by atoms with E-state index in [9.17, 15) is 18.0 Å². The number of hydrogen-bond acceptors (Lipinski definition) is 3. The number of carbonyl (C=O) groups excluding carboxylic acids is 1. The van der Waals surface area contributed by atoms with Gasteiger partial charge in [0.2, 0.25) is 0 Å². The Hall–Kier alpha value is -1.96. The number of benzene rings is 1. The first-order valence-electron chi connectivity index (χ1n) is 7.72. The number of likely N-dealkylation sites (tertiary alicyclic amines) is 1. The Balaban J connectivity index is 2.07. The molecule has 0 spiro atoms. The Morgan fingerprint density at radius 3 is 2.38 bits per heavy atom. The summed E-state index contributed by atoms with van der Waals surface area (Å²) in [5, 5.41) is 11.2. The molecule has 2 N–H and O–H groups in total. The van der Waals surface area contributed by atoms with Crippen molar-refractivity contribution in [3.05, 3.63) is 29.8 Å². The number of alkyl halides is 3. The van der Waals surface area contributed by atoms with Crippen LogP contribution in [0.5, 0.6) is 5.75 Å². The maximum Gasteiger partial charge on any atom is 0.412 e. The molecule has 0 aliphatic carbocycles. The van der Waals surface area contributed by atoms with Crippen molar-refractivity contribution < 1.29 is 27.8 Å². The van der Waals surface area contributed by atoms with Gasteiger partial charge in [-0.05, 0) is 36.5 Å². The molecule has 1 heterocycles. The highest BCUT2D eigenvalue weighted by Gasteiger charge is 2.42. The number of nitrogens with zero attached hydrogens (tertiary/aromatic N) is 1. The number of halogens is 3. The lowest BCUT2D eigenvalue weighted by molar-refractivity contribution is -0.155. The highest BCUT2D eigenvalue weighted by atomic mass is 19.4. The van der Waals surface area contributed by atoms with E-state index in [4.69, 9.17) is 9.84 Å². The third-order valence-electron chi connectivity index (χ3n) is 4.20. The van der Waals surface area contributed by atoms with Crippen molar-refractivity contribution in [3.8, 4) is 5.75 Å². The molecule has 8 heteroatoms. The van der Waals surface area contributed by atoms with Crippen LogP contribution in [0.15, 0.2) is 24.3 Å². The Bertz CT molecular complexity index is 540. The molecule has 24 heavy (non-hydrogen) atoms. The molecule has 1 aliphatic rings. The van der Waals surface area contributed by atoms with Crippen molar-refractivity contribution in [2.75, 3.05) is 26.8 Å². The number of methoxy groups -OCH3 is 1. The molecule has 5 nitrogen and oxygen atoms in total. The van der Waals surface area contributed by atoms with Crippen LogP contribution in [0, 0.1) is 5.92 Å². The number of ether oxygens (including phenoxy) is 1. The van der Waals surface area contributed by atoms with Crippen molar-refractivity contribution >= 4 is 6.03 Å². The number of rotatable bonds is 4. The number of amides is 2. The van der Waals surface area contributed by atoms with E-state index < -0.39 is 18.2 Å². The van der Waals surface area contributed by atoms with Gasteiger partial charge in [-0.15, -0.1) is 0 Å². The molecule has 0 unspecified atom stereocenters. The third-order valence-corrected chi connectivity index (χ3v) is 4.20. The van der Waals surface area contributed by atoms with Crippen LogP contribution < -0.4 is 10.1 Å². The zero-order chi connectivity index (χ0) is 17.7. The molecule has 2 amide bonds. The molecule has 1 fully saturated rings. The normalized spacial score (nSPS) is 17.5. The highest BCUT2D eigenvalue weighted by Crippen LogP contribution is 2.33. The number of aliphatic hydroxyl groups excluding tert-OH is 1. The number of aliphatic hydroxyl groups is 1. The molecule has 2 rings (SSSR count). The van der Waals surface area contributed by atoms with Crippen LogP contribution in [-0.4, -0.2) is 49.0 Å². The van der Waals surface area contributed by atoms with E-state index in [0.29, 0.717) is 31.7 Å². The summed E-state index contributed by atoms with van der Waals surface area (Å²) >= 11 is 0. The number of piperidine rings is 1. The topological polar surface area (TPSA) is 61.8 Å². The summed E-state index contributed by atoms with van der Waals surface area (Å²) < 4.78 is 44.9. The zero-order valence-electron chi connectivity index (χ0n) is 13.3. The second-order valence-electron chi connectivity index (χ2n) is 5.81. The zero-order valence-corrected chi connectivity index (χ0v) is 13.3. The van der Waals surface area contributed by atoms with Gasteiger partial charge in [0, 0.05) is 19.7 Å². The third kappa shape index (κ3) is 4.53. The van der Waals surface area contributed by atoms with Gasteiger partial charge in [0.05, 0.1) is 7.11 Å². The molecule has 0 radical (unpaired) electrons. The van der Waals surface area contributed by atoms with Gasteiger partial charge in [0.1, 0.15) is 5.75 Å². The van der Waals surface area contributed by atoms with E-state index in [1.807, 2.05) is 0 Å². The fraction of sp³-hybridized carbons (Fsp3) is 0.562. The minimum atomic E-state index is -4.60. The van der Waals surface area contributed by atoms with E-state index >= 15 is 0 Å². The Morgan fingerprint density at radius 1 is 1.33 bits per heavy atom. The molecule has 0 aromatic heterocycles. The van der Waals surface area contributed by atoms with Crippen molar-refractivity contribution in [2.24, 2.45) is 5.92 Å². The molecule has 1 atom stereocenters. The molecular weight excluding hydrogens is 325 g/mol. The van der Waals surface area contributed by atoms with Crippen molar-refractivity contribution in [1.82, 2.24) is 10.2 Å². The molecule has 1 saturated heterocycles. The number of carbonyl (C=O) groups is 1. The van der Waals surface area contributed by atoms with E-state index in [-0.39, 0.29) is 18.1 Å². The summed E-state index contributed by atoms with van der Waals surface area (Å²) in [7, 11) is 1.42. The van der Waals surface area contributed by atoms with Gasteiger partial charge in [-0.25, -0.2) is 4.79 Å². The maximum atomic E-state index is 13.3. The SMILES string of the molecule is COc1ccc([C@H](NC(=O)N2CCC(CO)CC2)C(F)(F)F)cc1. The standard InChI is InChI=1S/C16H21F3N2O3/c1-24-13-4-2-12(3-5-13)14(16(17,18)19)20-15(23)21-8-6-11(10-22)7-9-21/h2-5,11,14,22H,6-10H2,1H3,(H,20,23)/t14-/m0/s1. The maximum absolute atomic E-state index is 13.3. The Labute approximate surface area is 138 Å². The van der Waals surface area contributed by atoms with E-state index in [1.54, 1.807) is 0 Å². The van der Waals surface area contributed by atoms with Crippen LogP contribution >= 0.6 is 0 Å². The summed E-state index contributed by atoms with van der Waals surface area (Å²) in [4.78, 5) is 13.5. The fourth-order valence-electron chi connectivity index (χ4n) is 2.68. The summed E-state index contributed by atoms with van der Waals surface area (Å²) in [6.45, 7) is 0.709. The van der Waals surface area contributed by atoms with Crippen LogP contribution in [-0.2, 0) is 0 Å². The average Bonchev–Trinajstić information content (AvgIpc) is 2.58. The van der Waals surface area contributed by atoms with Gasteiger partial charge in [-0.1, -0.05) is 12.1 Å². The molecule has 0 saturated carbocycles. The molecule has 134 valence electrons. The van der Waals surface area contributed by atoms with Crippen LogP contribution in [0.3, 0.4) is 0 Å².